The summed E-state index contributed by atoms with van der Waals surface area (Å²) in [5, 5.41) is 14.4. The Balaban J connectivity index is 0. The summed E-state index contributed by atoms with van der Waals surface area (Å²) in [6.07, 6.45) is 11.4. The molecule has 0 aromatic heterocycles. The summed E-state index contributed by atoms with van der Waals surface area (Å²) in [5.74, 6) is 2.23. The van der Waals surface area contributed by atoms with Gasteiger partial charge in [0.15, 0.2) is 5.78 Å². The number of carbonyl (C=O) groups excluding carboxylic acids is 4. The zero-order valence-corrected chi connectivity index (χ0v) is 40.5. The third-order valence-corrected chi connectivity index (χ3v) is 9.70. The number of nitrogens with one attached hydrogen (secondary N) is 2. The minimum absolute atomic E-state index is 0.0214. The maximum Gasteiger partial charge on any atom is 0.306 e. The molecule has 3 rings (SSSR count). The molecule has 0 spiro atoms. The molecule has 2 aromatic rings. The van der Waals surface area contributed by atoms with Gasteiger partial charge < -0.3 is 35.0 Å². The number of benzene rings is 2. The molecule has 1 atom stereocenters. The average molecular weight is 865 g/mol. The molecular formula is C51H84N4O7. The van der Waals surface area contributed by atoms with Crippen molar-refractivity contribution in [1.82, 2.24) is 15.1 Å². The Morgan fingerprint density at radius 2 is 1.60 bits per heavy atom. The molecule has 3 N–H and O–H groups in total. The molecule has 1 aliphatic heterocycles. The van der Waals surface area contributed by atoms with Crippen LogP contribution in [0.2, 0.25) is 0 Å². The summed E-state index contributed by atoms with van der Waals surface area (Å²) in [5.41, 5.74) is 7.08. The van der Waals surface area contributed by atoms with Crippen molar-refractivity contribution in [3.63, 3.8) is 0 Å². The molecule has 0 radical (unpaired) electrons. The van der Waals surface area contributed by atoms with Gasteiger partial charge in [-0.1, -0.05) is 109 Å². The maximum absolute atomic E-state index is 11.5. The first-order valence-electron chi connectivity index (χ1n) is 22.7. The van der Waals surface area contributed by atoms with E-state index in [4.69, 9.17) is 9.84 Å². The number of para-hydroxylation sites is 1. The molecular weight excluding hydrogens is 781 g/mol. The number of likely N-dealkylation sites (tertiary alicyclic amines) is 1. The van der Waals surface area contributed by atoms with Crippen LogP contribution in [0.3, 0.4) is 0 Å². The van der Waals surface area contributed by atoms with Crippen LogP contribution in [0.15, 0.2) is 73.4 Å². The number of phenolic OH excluding ortho intramolecular Hbond substituents is 1. The van der Waals surface area contributed by atoms with E-state index in [9.17, 15) is 19.2 Å². The van der Waals surface area contributed by atoms with E-state index in [1.54, 1.807) is 13.0 Å². The molecule has 1 saturated heterocycles. The zero-order valence-electron chi connectivity index (χ0n) is 40.5. The third kappa shape index (κ3) is 31.9. The Morgan fingerprint density at radius 3 is 2.11 bits per heavy atom. The van der Waals surface area contributed by atoms with Gasteiger partial charge in [0.2, 0.25) is 17.7 Å². The number of hydrogen-bond donors (Lipinski definition) is 3. The second kappa shape index (κ2) is 37.9. The van der Waals surface area contributed by atoms with E-state index in [1.165, 1.54) is 56.6 Å². The van der Waals surface area contributed by atoms with Gasteiger partial charge in [0.25, 0.3) is 0 Å². The molecule has 2 amide bonds. The number of rotatable bonds is 20. The summed E-state index contributed by atoms with van der Waals surface area (Å²) in [4.78, 5) is 48.3. The van der Waals surface area contributed by atoms with Crippen molar-refractivity contribution in [2.24, 2.45) is 11.8 Å². The number of amides is 2. The van der Waals surface area contributed by atoms with Crippen molar-refractivity contribution < 1.29 is 33.8 Å². The molecule has 1 aliphatic rings. The van der Waals surface area contributed by atoms with Crippen LogP contribution in [0.25, 0.3) is 0 Å². The van der Waals surface area contributed by atoms with E-state index in [2.05, 4.69) is 91.8 Å². The minimum atomic E-state index is -0.350. The van der Waals surface area contributed by atoms with Gasteiger partial charge in [0, 0.05) is 31.6 Å². The highest BCUT2D eigenvalue weighted by molar-refractivity contribution is 5.91. The Morgan fingerprint density at radius 1 is 0.935 bits per heavy atom. The highest BCUT2D eigenvalue weighted by atomic mass is 16.5. The van der Waals surface area contributed by atoms with Crippen molar-refractivity contribution in [1.29, 1.82) is 0 Å². The normalized spacial score (nSPS) is 12.1. The van der Waals surface area contributed by atoms with E-state index in [1.807, 2.05) is 51.1 Å². The van der Waals surface area contributed by atoms with Crippen LogP contribution >= 0.6 is 0 Å². The molecule has 1 unspecified atom stereocenters. The van der Waals surface area contributed by atoms with Crippen molar-refractivity contribution >= 4 is 29.3 Å². The van der Waals surface area contributed by atoms with Crippen LogP contribution in [0, 0.1) is 25.7 Å². The standard InChI is InChI=1S/C13H19NO.C12H19NO2.C10H23N.C8H13NO3.C8H10O/c1-3-7-11-9-5-6-10-12(11)14-13(15)8-4-2;1-4-12(15-9-11(3)14)13-7-5-10(2)6-8-13;1-5-8-11(4)9-7-10(3)6-2;1-3-9-7(10)5-6-8(11)12-4-2;1-6-3-4-8(9)7(2)5-6/h5-6,9-10H,3-4,7-8H2,1-2H3,(H,14,15);10H,1,5-9H2,2-3H3;10H,5-9H2,1-4H3;3H,1,4-6H2,2H3,(H,9,10);3-5,9H,1-2H3. The second-order valence-electron chi connectivity index (χ2n) is 15.8. The van der Waals surface area contributed by atoms with E-state index in [0.717, 1.165) is 68.3 Å². The van der Waals surface area contributed by atoms with Crippen molar-refractivity contribution in [2.75, 3.05) is 51.8 Å². The van der Waals surface area contributed by atoms with E-state index in [0.29, 0.717) is 24.7 Å². The first-order valence-corrected chi connectivity index (χ1v) is 22.7. The smallest absolute Gasteiger partial charge is 0.306 e. The van der Waals surface area contributed by atoms with Gasteiger partial charge in [-0.3, -0.25) is 19.2 Å². The SMILES string of the molecule is C=C=C(OCC(C)=O)N1CCC(C)CC1.C=CNC(=O)CCC(=O)OCC.CCCC(=O)Nc1ccccc1CCC.CCCN(C)CCC(C)CC.Cc1ccc(O)c(C)c1. The molecule has 2 aromatic carbocycles. The van der Waals surface area contributed by atoms with E-state index in [-0.39, 0.29) is 43.0 Å². The molecule has 0 saturated carbocycles. The number of ketones is 1. The van der Waals surface area contributed by atoms with Crippen LogP contribution in [0.4, 0.5) is 5.69 Å². The van der Waals surface area contributed by atoms with Crippen LogP contribution in [0.5, 0.6) is 5.75 Å². The van der Waals surface area contributed by atoms with Gasteiger partial charge in [0.1, 0.15) is 12.4 Å². The van der Waals surface area contributed by atoms with E-state index >= 15 is 0 Å². The number of aryl methyl sites for hydroxylation is 3. The Hall–Kier alpha value is -4.86. The number of phenols is 1. The number of aromatic hydroxyl groups is 1. The molecule has 11 nitrogen and oxygen atoms in total. The highest BCUT2D eigenvalue weighted by Crippen LogP contribution is 2.20. The summed E-state index contributed by atoms with van der Waals surface area (Å²) in [6.45, 7) is 32.2. The average Bonchev–Trinajstić information content (AvgIpc) is 3.23. The Bertz CT molecular complexity index is 1600. The van der Waals surface area contributed by atoms with Gasteiger partial charge in [-0.2, -0.15) is 0 Å². The molecule has 0 bridgehead atoms. The summed E-state index contributed by atoms with van der Waals surface area (Å²) >= 11 is 0. The molecule has 11 heteroatoms. The van der Waals surface area contributed by atoms with Gasteiger partial charge >= 0.3 is 5.97 Å². The lowest BCUT2D eigenvalue weighted by molar-refractivity contribution is -0.144. The lowest BCUT2D eigenvalue weighted by atomic mass is 9.99. The summed E-state index contributed by atoms with van der Waals surface area (Å²) < 4.78 is 9.97. The molecule has 0 aliphatic carbocycles. The second-order valence-corrected chi connectivity index (χ2v) is 15.8. The number of anilines is 1. The largest absolute Gasteiger partial charge is 0.508 e. The first-order chi connectivity index (χ1) is 29.5. The quantitative estimate of drug-likeness (QED) is 0.0675. The predicted octanol–water partition coefficient (Wildman–Crippen LogP) is 10.7. The minimum Gasteiger partial charge on any atom is -0.508 e. The van der Waals surface area contributed by atoms with Crippen LogP contribution < -0.4 is 10.6 Å². The van der Waals surface area contributed by atoms with Gasteiger partial charge in [-0.15, -0.1) is 0 Å². The number of piperidine rings is 1. The van der Waals surface area contributed by atoms with Crippen molar-refractivity contribution in [2.45, 2.75) is 140 Å². The van der Waals surface area contributed by atoms with Crippen molar-refractivity contribution in [3.05, 3.63) is 90.1 Å². The molecule has 1 heterocycles. The van der Waals surface area contributed by atoms with Gasteiger partial charge in [-0.05, 0) is 128 Å². The molecule has 350 valence electrons. The lowest BCUT2D eigenvalue weighted by Crippen LogP contribution is -2.33. The summed E-state index contributed by atoms with van der Waals surface area (Å²) in [6, 6.07) is 13.6. The fourth-order valence-electron chi connectivity index (χ4n) is 5.78. The van der Waals surface area contributed by atoms with Gasteiger partial charge in [0.05, 0.1) is 13.0 Å². The highest BCUT2D eigenvalue weighted by Gasteiger charge is 2.18. The van der Waals surface area contributed by atoms with Gasteiger partial charge in [-0.25, -0.2) is 0 Å². The summed E-state index contributed by atoms with van der Waals surface area (Å²) in [7, 11) is 2.21. The number of ether oxygens (including phenoxy) is 2. The number of carbonyl (C=O) groups is 4. The topological polar surface area (TPSA) is 138 Å². The molecule has 62 heavy (non-hydrogen) atoms. The zero-order chi connectivity index (χ0) is 47.3. The monoisotopic (exact) mass is 865 g/mol. The molecule has 1 fully saturated rings. The van der Waals surface area contributed by atoms with Crippen molar-refractivity contribution in [3.8, 4) is 5.75 Å². The van der Waals surface area contributed by atoms with Crippen LogP contribution in [0.1, 0.15) is 136 Å². The number of nitrogens with zero attached hydrogens (tertiary/aromatic N) is 2. The van der Waals surface area contributed by atoms with Crippen LogP contribution in [-0.4, -0.2) is 84.9 Å². The number of Topliss-reactive ketones (excluding diaryl/α,β-unsaturated/α-hetero) is 1. The van der Waals surface area contributed by atoms with Crippen LogP contribution in [-0.2, 0) is 35.1 Å². The fourth-order valence-corrected chi connectivity index (χ4v) is 5.78. The Kier molecular flexibility index (Phi) is 36.2. The maximum atomic E-state index is 11.5. The third-order valence-electron chi connectivity index (χ3n) is 9.70. The number of esters is 1. The fraction of sp³-hybridized carbons (Fsp3) is 0.588. The lowest BCUT2D eigenvalue weighted by Gasteiger charge is -2.31. The van der Waals surface area contributed by atoms with E-state index < -0.39 is 0 Å². The first kappa shape index (κ1) is 59.2. The Labute approximate surface area is 376 Å². The number of hydrogen-bond acceptors (Lipinski definition) is 9. The predicted molar refractivity (Wildman–Crippen MR) is 257 cm³/mol.